The molecular formula is C18H14FN3. The molecule has 1 aliphatic heterocycles. The summed E-state index contributed by atoms with van der Waals surface area (Å²) in [6.07, 6.45) is 4.28. The number of aromatic nitrogens is 2. The van der Waals surface area contributed by atoms with Gasteiger partial charge in [-0.2, -0.15) is 0 Å². The number of benzene rings is 1. The topological polar surface area (TPSA) is 29.9 Å². The number of hydrogen-bond acceptors (Lipinski definition) is 2. The summed E-state index contributed by atoms with van der Waals surface area (Å²) in [5.74, 6) is 2.85. The van der Waals surface area contributed by atoms with Gasteiger partial charge in [-0.1, -0.05) is 12.1 Å². The Labute approximate surface area is 127 Å². The van der Waals surface area contributed by atoms with Crippen molar-refractivity contribution in [3.8, 4) is 12.0 Å². The Hall–Kier alpha value is -2.64. The first kappa shape index (κ1) is 13.1. The number of nitrogens with zero attached hydrogens (tertiary/aromatic N) is 2. The predicted octanol–water partition coefficient (Wildman–Crippen LogP) is 2.68. The van der Waals surface area contributed by atoms with Crippen molar-refractivity contribution in [1.82, 2.24) is 14.9 Å². The van der Waals surface area contributed by atoms with E-state index in [1.165, 1.54) is 6.07 Å². The van der Waals surface area contributed by atoms with E-state index in [0.717, 1.165) is 41.7 Å². The average molecular weight is 291 g/mol. The maximum Gasteiger partial charge on any atom is 0.148 e. The quantitative estimate of drug-likeness (QED) is 0.645. The Morgan fingerprint density at radius 2 is 2.18 bits per heavy atom. The molecule has 0 bridgehead atoms. The molecule has 4 heteroatoms. The number of para-hydroxylation sites is 1. The van der Waals surface area contributed by atoms with Gasteiger partial charge in [-0.3, -0.25) is 9.55 Å². The second-order valence-corrected chi connectivity index (χ2v) is 5.30. The summed E-state index contributed by atoms with van der Waals surface area (Å²) in [4.78, 5) is 4.06. The van der Waals surface area contributed by atoms with Gasteiger partial charge in [0.2, 0.25) is 0 Å². The van der Waals surface area contributed by atoms with Crippen LogP contribution in [0.25, 0.3) is 10.9 Å². The summed E-state index contributed by atoms with van der Waals surface area (Å²) in [7, 11) is 0. The molecule has 2 aromatic heterocycles. The fourth-order valence-electron chi connectivity index (χ4n) is 2.97. The molecule has 4 rings (SSSR count). The van der Waals surface area contributed by atoms with Gasteiger partial charge in [0.25, 0.3) is 0 Å². The lowest BCUT2D eigenvalue weighted by Gasteiger charge is -2.14. The average Bonchev–Trinajstić information content (AvgIpc) is 2.89. The van der Waals surface area contributed by atoms with Crippen molar-refractivity contribution in [3.63, 3.8) is 0 Å². The smallest absolute Gasteiger partial charge is 0.148 e. The molecule has 1 aliphatic rings. The number of nitrogens with one attached hydrogen (secondary N) is 1. The van der Waals surface area contributed by atoms with Gasteiger partial charge in [0.1, 0.15) is 5.82 Å². The van der Waals surface area contributed by atoms with Crippen LogP contribution in [-0.4, -0.2) is 16.1 Å². The Bertz CT molecular complexity index is 901. The summed E-state index contributed by atoms with van der Waals surface area (Å²) in [6, 6.07) is 12.1. The number of fused-ring (bicyclic) bond motifs is 3. The van der Waals surface area contributed by atoms with E-state index in [1.54, 1.807) is 18.5 Å². The molecule has 0 radical (unpaired) electrons. The molecule has 1 N–H and O–H groups in total. The summed E-state index contributed by atoms with van der Waals surface area (Å²) < 4.78 is 16.2. The van der Waals surface area contributed by atoms with Gasteiger partial charge in [-0.15, -0.1) is 0 Å². The summed E-state index contributed by atoms with van der Waals surface area (Å²) >= 11 is 0. The maximum absolute atomic E-state index is 14.3. The molecule has 3 heterocycles. The van der Waals surface area contributed by atoms with E-state index in [4.69, 9.17) is 0 Å². The Kier molecular flexibility index (Phi) is 3.14. The van der Waals surface area contributed by atoms with Gasteiger partial charge in [-0.05, 0) is 29.7 Å². The number of rotatable bonds is 0. The van der Waals surface area contributed by atoms with Crippen LogP contribution in [0.1, 0.15) is 16.8 Å². The summed E-state index contributed by atoms with van der Waals surface area (Å²) in [6.45, 7) is 1.65. The van der Waals surface area contributed by atoms with Crippen LogP contribution in [0.3, 0.4) is 0 Å². The van der Waals surface area contributed by atoms with E-state index in [2.05, 4.69) is 22.3 Å². The first-order valence-electron chi connectivity index (χ1n) is 7.28. The highest BCUT2D eigenvalue weighted by Gasteiger charge is 2.20. The van der Waals surface area contributed by atoms with E-state index >= 15 is 0 Å². The van der Waals surface area contributed by atoms with Crippen molar-refractivity contribution in [2.45, 2.75) is 13.0 Å². The summed E-state index contributed by atoms with van der Waals surface area (Å²) in [5.41, 5.74) is 3.66. The van der Waals surface area contributed by atoms with Crippen LogP contribution in [0, 0.1) is 17.8 Å². The van der Waals surface area contributed by atoms with E-state index in [-0.39, 0.29) is 5.82 Å². The van der Waals surface area contributed by atoms with E-state index < -0.39 is 0 Å². The third-order valence-electron chi connectivity index (χ3n) is 3.97. The fraction of sp³-hybridized carbons (Fsp3) is 0.167. The Morgan fingerprint density at radius 3 is 3.05 bits per heavy atom. The Balaban J connectivity index is 1.96. The minimum absolute atomic E-state index is 0.229. The molecule has 1 aromatic carbocycles. The molecule has 0 aliphatic carbocycles. The lowest BCUT2D eigenvalue weighted by atomic mass is 10.1. The lowest BCUT2D eigenvalue weighted by molar-refractivity contribution is 0.625. The molecular weight excluding hydrogens is 277 g/mol. The van der Waals surface area contributed by atoms with E-state index in [1.807, 2.05) is 22.8 Å². The number of hydrogen-bond donors (Lipinski definition) is 1. The van der Waals surface area contributed by atoms with Crippen LogP contribution in [0.4, 0.5) is 4.39 Å². The standard InChI is InChI=1S/C18H14FN3/c19-16-5-1-4-14-15-12-21-9-6-17(15)22(18(14)16)10-7-13-3-2-8-20-11-13/h1-5,8,11,21H,6,9,12H2. The van der Waals surface area contributed by atoms with E-state index in [9.17, 15) is 4.39 Å². The zero-order valence-corrected chi connectivity index (χ0v) is 11.9. The van der Waals surface area contributed by atoms with Crippen LogP contribution in [0.2, 0.25) is 0 Å². The first-order valence-corrected chi connectivity index (χ1v) is 7.28. The highest BCUT2D eigenvalue weighted by Crippen LogP contribution is 2.29. The van der Waals surface area contributed by atoms with Crippen molar-refractivity contribution in [1.29, 1.82) is 0 Å². The molecule has 0 saturated heterocycles. The van der Waals surface area contributed by atoms with Crippen LogP contribution in [0.15, 0.2) is 42.7 Å². The second-order valence-electron chi connectivity index (χ2n) is 5.30. The molecule has 0 unspecified atom stereocenters. The minimum Gasteiger partial charge on any atom is -0.312 e. The van der Waals surface area contributed by atoms with Crippen LogP contribution >= 0.6 is 0 Å². The van der Waals surface area contributed by atoms with Crippen LogP contribution in [0.5, 0.6) is 0 Å². The van der Waals surface area contributed by atoms with Gasteiger partial charge in [0.05, 0.1) is 5.52 Å². The zero-order chi connectivity index (χ0) is 14.9. The Morgan fingerprint density at radius 1 is 1.23 bits per heavy atom. The number of halogens is 1. The maximum atomic E-state index is 14.3. The first-order chi connectivity index (χ1) is 10.8. The largest absolute Gasteiger partial charge is 0.312 e. The van der Waals surface area contributed by atoms with Crippen molar-refractivity contribution in [2.24, 2.45) is 0 Å². The normalized spacial score (nSPS) is 13.5. The molecule has 22 heavy (non-hydrogen) atoms. The van der Waals surface area contributed by atoms with Crippen molar-refractivity contribution >= 4 is 10.9 Å². The minimum atomic E-state index is -0.229. The van der Waals surface area contributed by atoms with Crippen molar-refractivity contribution in [3.05, 3.63) is 65.4 Å². The molecule has 3 nitrogen and oxygen atoms in total. The van der Waals surface area contributed by atoms with Gasteiger partial charge in [0, 0.05) is 54.6 Å². The highest BCUT2D eigenvalue weighted by atomic mass is 19.1. The predicted molar refractivity (Wildman–Crippen MR) is 83.8 cm³/mol. The van der Waals surface area contributed by atoms with E-state index in [0.29, 0.717) is 5.52 Å². The SMILES string of the molecule is Fc1cccc2c3c(n(C#Cc4cccnc4)c12)CCNC3. The van der Waals surface area contributed by atoms with Gasteiger partial charge < -0.3 is 5.32 Å². The molecule has 0 atom stereocenters. The molecule has 0 amide bonds. The lowest BCUT2D eigenvalue weighted by Crippen LogP contribution is -2.24. The molecule has 108 valence electrons. The number of pyridine rings is 1. The highest BCUT2D eigenvalue weighted by molar-refractivity contribution is 5.87. The van der Waals surface area contributed by atoms with Crippen molar-refractivity contribution in [2.75, 3.05) is 6.54 Å². The van der Waals surface area contributed by atoms with Gasteiger partial charge >= 0.3 is 0 Å². The van der Waals surface area contributed by atoms with Gasteiger partial charge in [0.15, 0.2) is 0 Å². The third kappa shape index (κ3) is 2.07. The molecule has 0 fully saturated rings. The summed E-state index contributed by atoms with van der Waals surface area (Å²) in [5, 5.41) is 4.29. The molecule has 3 aromatic rings. The molecule has 0 spiro atoms. The van der Waals surface area contributed by atoms with Crippen molar-refractivity contribution < 1.29 is 4.39 Å². The zero-order valence-electron chi connectivity index (χ0n) is 11.9. The molecule has 0 saturated carbocycles. The third-order valence-corrected chi connectivity index (χ3v) is 3.97. The van der Waals surface area contributed by atoms with Crippen LogP contribution < -0.4 is 5.32 Å². The fourth-order valence-corrected chi connectivity index (χ4v) is 2.97. The second kappa shape index (κ2) is 5.28. The van der Waals surface area contributed by atoms with Crippen LogP contribution in [-0.2, 0) is 13.0 Å². The van der Waals surface area contributed by atoms with Gasteiger partial charge in [-0.25, -0.2) is 4.39 Å². The monoisotopic (exact) mass is 291 g/mol.